The second kappa shape index (κ2) is 8.06. The third kappa shape index (κ3) is 4.63. The van der Waals surface area contributed by atoms with Gasteiger partial charge in [-0.1, -0.05) is 46.0 Å². The molecule has 0 bridgehead atoms. The van der Waals surface area contributed by atoms with Crippen LogP contribution in [0.1, 0.15) is 75.0 Å². The Labute approximate surface area is 111 Å². The molecule has 0 saturated heterocycles. The quantitative estimate of drug-likeness (QED) is 0.492. The fourth-order valence-corrected chi connectivity index (χ4v) is 2.15. The van der Waals surface area contributed by atoms with Crippen LogP contribution in [-0.4, -0.2) is 15.6 Å². The fraction of sp³-hybridized carbons (Fsp3) is 0.733. The number of ketones is 1. The zero-order valence-electron chi connectivity index (χ0n) is 12.0. The molecule has 1 rings (SSSR count). The monoisotopic (exact) mass is 250 g/mol. The average molecular weight is 250 g/mol. The molecule has 0 radical (unpaired) electrons. The summed E-state index contributed by atoms with van der Waals surface area (Å²) < 4.78 is 1.72. The van der Waals surface area contributed by atoms with Gasteiger partial charge in [-0.2, -0.15) is 5.10 Å². The molecular formula is C15H26N2O. The minimum absolute atomic E-state index is 0.236. The number of Topliss-reactive ketones (excluding diaryl/α,β-unsaturated/α-hetero) is 1. The van der Waals surface area contributed by atoms with Gasteiger partial charge in [-0.05, 0) is 18.9 Å². The minimum Gasteiger partial charge on any atom is -0.292 e. The van der Waals surface area contributed by atoms with Gasteiger partial charge >= 0.3 is 0 Å². The molecular weight excluding hydrogens is 224 g/mol. The maximum atomic E-state index is 12.0. The Morgan fingerprint density at radius 2 is 1.83 bits per heavy atom. The fourth-order valence-electron chi connectivity index (χ4n) is 2.15. The molecule has 0 aliphatic rings. The Kier molecular flexibility index (Phi) is 6.69. The molecule has 0 N–H and O–H groups in total. The summed E-state index contributed by atoms with van der Waals surface area (Å²) in [5, 5.41) is 4.31. The topological polar surface area (TPSA) is 34.9 Å². The number of hydrogen-bond acceptors (Lipinski definition) is 2. The van der Waals surface area contributed by atoms with Crippen LogP contribution in [0.15, 0.2) is 6.07 Å². The van der Waals surface area contributed by atoms with Crippen molar-refractivity contribution < 1.29 is 4.79 Å². The summed E-state index contributed by atoms with van der Waals surface area (Å²) in [4.78, 5) is 12.0. The zero-order valence-corrected chi connectivity index (χ0v) is 12.0. The van der Waals surface area contributed by atoms with Crippen LogP contribution in [0, 0.1) is 0 Å². The minimum atomic E-state index is 0.236. The van der Waals surface area contributed by atoms with Gasteiger partial charge in [-0.15, -0.1) is 0 Å². The van der Waals surface area contributed by atoms with Crippen LogP contribution in [0.3, 0.4) is 0 Å². The number of rotatable bonds is 9. The van der Waals surface area contributed by atoms with E-state index in [9.17, 15) is 4.79 Å². The molecule has 0 amide bonds. The van der Waals surface area contributed by atoms with Crippen LogP contribution in [-0.2, 0) is 13.5 Å². The second-order valence-corrected chi connectivity index (χ2v) is 4.94. The number of aryl methyl sites for hydroxylation is 2. The van der Waals surface area contributed by atoms with E-state index < -0.39 is 0 Å². The maximum absolute atomic E-state index is 12.0. The highest BCUT2D eigenvalue weighted by molar-refractivity contribution is 5.94. The number of nitrogens with zero attached hydrogens (tertiary/aromatic N) is 2. The van der Waals surface area contributed by atoms with Gasteiger partial charge in [0.1, 0.15) is 5.69 Å². The standard InChI is InChI=1S/C15H26N2O/c1-4-6-7-8-9-10-11-15(18)14-12-13(5-2)16-17(14)3/h12H,4-11H2,1-3H3. The van der Waals surface area contributed by atoms with Crippen molar-refractivity contribution in [3.8, 4) is 0 Å². The summed E-state index contributed by atoms with van der Waals surface area (Å²) >= 11 is 0. The number of carbonyl (C=O) groups is 1. The normalized spacial score (nSPS) is 10.8. The Morgan fingerprint density at radius 3 is 2.44 bits per heavy atom. The van der Waals surface area contributed by atoms with E-state index in [0.717, 1.165) is 24.2 Å². The summed E-state index contributed by atoms with van der Waals surface area (Å²) in [7, 11) is 1.85. The highest BCUT2D eigenvalue weighted by Gasteiger charge is 2.11. The molecule has 0 spiro atoms. The Balaban J connectivity index is 2.29. The summed E-state index contributed by atoms with van der Waals surface area (Å²) in [6.07, 6.45) is 8.87. The number of aromatic nitrogens is 2. The van der Waals surface area contributed by atoms with Gasteiger partial charge in [0.2, 0.25) is 0 Å². The molecule has 1 aromatic rings. The number of unbranched alkanes of at least 4 members (excludes halogenated alkanes) is 5. The van der Waals surface area contributed by atoms with Crippen LogP contribution in [0.25, 0.3) is 0 Å². The van der Waals surface area contributed by atoms with Gasteiger partial charge in [0, 0.05) is 13.5 Å². The van der Waals surface area contributed by atoms with E-state index in [0.29, 0.717) is 6.42 Å². The van der Waals surface area contributed by atoms with Crippen LogP contribution in [0.2, 0.25) is 0 Å². The largest absolute Gasteiger partial charge is 0.292 e. The van der Waals surface area contributed by atoms with Crippen LogP contribution in [0.4, 0.5) is 0 Å². The maximum Gasteiger partial charge on any atom is 0.180 e. The van der Waals surface area contributed by atoms with Crippen molar-refractivity contribution in [3.05, 3.63) is 17.5 Å². The van der Waals surface area contributed by atoms with Gasteiger partial charge in [0.25, 0.3) is 0 Å². The van der Waals surface area contributed by atoms with Crippen LogP contribution in [0.5, 0.6) is 0 Å². The number of carbonyl (C=O) groups excluding carboxylic acids is 1. The van der Waals surface area contributed by atoms with E-state index in [4.69, 9.17) is 0 Å². The van der Waals surface area contributed by atoms with Gasteiger partial charge in [0.15, 0.2) is 5.78 Å². The first-order valence-electron chi connectivity index (χ1n) is 7.25. The zero-order chi connectivity index (χ0) is 13.4. The third-order valence-corrected chi connectivity index (χ3v) is 3.34. The molecule has 3 heteroatoms. The SMILES string of the molecule is CCCCCCCCC(=O)c1cc(CC)nn1C. The number of hydrogen-bond donors (Lipinski definition) is 0. The molecule has 1 heterocycles. The lowest BCUT2D eigenvalue weighted by Crippen LogP contribution is -2.06. The third-order valence-electron chi connectivity index (χ3n) is 3.34. The lowest BCUT2D eigenvalue weighted by molar-refractivity contribution is 0.0970. The van der Waals surface area contributed by atoms with E-state index in [-0.39, 0.29) is 5.78 Å². The van der Waals surface area contributed by atoms with Crippen LogP contribution >= 0.6 is 0 Å². The van der Waals surface area contributed by atoms with Gasteiger partial charge < -0.3 is 0 Å². The van der Waals surface area contributed by atoms with E-state index in [1.807, 2.05) is 13.1 Å². The Bertz CT molecular complexity index is 369. The van der Waals surface area contributed by atoms with Crippen molar-refractivity contribution in [1.82, 2.24) is 9.78 Å². The second-order valence-electron chi connectivity index (χ2n) is 4.94. The summed E-state index contributed by atoms with van der Waals surface area (Å²) in [6, 6.07) is 1.93. The highest BCUT2D eigenvalue weighted by Crippen LogP contribution is 2.11. The van der Waals surface area contributed by atoms with Gasteiger partial charge in [-0.25, -0.2) is 0 Å². The predicted octanol–water partition coefficient (Wildman–Crippen LogP) is 3.92. The molecule has 0 aliphatic carbocycles. The van der Waals surface area contributed by atoms with E-state index in [1.165, 1.54) is 32.1 Å². The first kappa shape index (κ1) is 14.9. The van der Waals surface area contributed by atoms with Crippen molar-refractivity contribution >= 4 is 5.78 Å². The van der Waals surface area contributed by atoms with Crippen molar-refractivity contribution in [2.24, 2.45) is 7.05 Å². The summed E-state index contributed by atoms with van der Waals surface area (Å²) in [5.74, 6) is 0.236. The Hall–Kier alpha value is -1.12. The van der Waals surface area contributed by atoms with Crippen molar-refractivity contribution in [2.75, 3.05) is 0 Å². The predicted molar refractivity (Wildman–Crippen MR) is 74.9 cm³/mol. The molecule has 0 aromatic carbocycles. The van der Waals surface area contributed by atoms with Gasteiger partial charge in [-0.3, -0.25) is 9.48 Å². The van der Waals surface area contributed by atoms with Crippen LogP contribution < -0.4 is 0 Å². The van der Waals surface area contributed by atoms with Crippen molar-refractivity contribution in [1.29, 1.82) is 0 Å². The summed E-state index contributed by atoms with van der Waals surface area (Å²) in [6.45, 7) is 4.28. The summed E-state index contributed by atoms with van der Waals surface area (Å²) in [5.41, 5.74) is 1.77. The Morgan fingerprint density at radius 1 is 1.17 bits per heavy atom. The van der Waals surface area contributed by atoms with Gasteiger partial charge in [0.05, 0.1) is 5.69 Å². The van der Waals surface area contributed by atoms with E-state index >= 15 is 0 Å². The first-order chi connectivity index (χ1) is 8.69. The average Bonchev–Trinajstić information content (AvgIpc) is 2.75. The molecule has 0 atom stereocenters. The lowest BCUT2D eigenvalue weighted by atomic mass is 10.1. The lowest BCUT2D eigenvalue weighted by Gasteiger charge is -2.01. The molecule has 102 valence electrons. The molecule has 1 aromatic heterocycles. The molecule has 3 nitrogen and oxygen atoms in total. The highest BCUT2D eigenvalue weighted by atomic mass is 16.1. The van der Waals surface area contributed by atoms with E-state index in [1.54, 1.807) is 4.68 Å². The van der Waals surface area contributed by atoms with Crippen molar-refractivity contribution in [2.45, 2.75) is 65.2 Å². The van der Waals surface area contributed by atoms with Crippen molar-refractivity contribution in [3.63, 3.8) is 0 Å². The molecule has 0 fully saturated rings. The molecule has 18 heavy (non-hydrogen) atoms. The molecule has 0 unspecified atom stereocenters. The molecule has 0 saturated carbocycles. The smallest absolute Gasteiger partial charge is 0.180 e. The van der Waals surface area contributed by atoms with E-state index in [2.05, 4.69) is 18.9 Å². The first-order valence-corrected chi connectivity index (χ1v) is 7.25. The molecule has 0 aliphatic heterocycles.